The summed E-state index contributed by atoms with van der Waals surface area (Å²) in [6.07, 6.45) is 8.15. The second kappa shape index (κ2) is 4.24. The Hall–Kier alpha value is -1.02. The lowest BCUT2D eigenvalue weighted by atomic mass is 9.53. The van der Waals surface area contributed by atoms with Gasteiger partial charge >= 0.3 is 0 Å². The van der Waals surface area contributed by atoms with Crippen LogP contribution in [-0.4, -0.2) is 19.7 Å². The fourth-order valence-corrected chi connectivity index (χ4v) is 5.03. The number of nitrogens with one attached hydrogen (secondary N) is 1. The largest absolute Gasteiger partial charge is 0.497 e. The Morgan fingerprint density at radius 2 is 2.21 bits per heavy atom. The molecular weight excluding hydrogens is 234 g/mol. The van der Waals surface area contributed by atoms with Gasteiger partial charge in [-0.3, -0.25) is 0 Å². The third kappa shape index (κ3) is 1.59. The van der Waals surface area contributed by atoms with Crippen LogP contribution in [0.1, 0.15) is 43.2 Å². The molecule has 1 aromatic rings. The Bertz CT molecular complexity index is 494. The van der Waals surface area contributed by atoms with Crippen molar-refractivity contribution in [2.24, 2.45) is 5.92 Å². The van der Waals surface area contributed by atoms with Crippen LogP contribution in [0.15, 0.2) is 18.2 Å². The predicted octanol–water partition coefficient (Wildman–Crippen LogP) is 3.04. The highest BCUT2D eigenvalue weighted by Gasteiger charge is 2.51. The smallest absolute Gasteiger partial charge is 0.119 e. The van der Waals surface area contributed by atoms with Gasteiger partial charge in [-0.15, -0.1) is 0 Å². The van der Waals surface area contributed by atoms with Crippen molar-refractivity contribution in [3.8, 4) is 5.75 Å². The molecule has 2 aliphatic carbocycles. The van der Waals surface area contributed by atoms with E-state index in [1.807, 2.05) is 0 Å². The van der Waals surface area contributed by atoms with Crippen molar-refractivity contribution >= 4 is 0 Å². The maximum atomic E-state index is 5.48. The van der Waals surface area contributed by atoms with Crippen molar-refractivity contribution < 1.29 is 4.74 Å². The molecule has 0 aromatic heterocycles. The Balaban J connectivity index is 1.88. The molecule has 0 unspecified atom stereocenters. The number of methoxy groups -OCH3 is 1. The van der Waals surface area contributed by atoms with E-state index in [1.54, 1.807) is 18.2 Å². The highest BCUT2D eigenvalue weighted by molar-refractivity contribution is 5.45. The van der Waals surface area contributed by atoms with E-state index >= 15 is 0 Å². The van der Waals surface area contributed by atoms with Crippen molar-refractivity contribution in [2.75, 3.05) is 13.7 Å². The van der Waals surface area contributed by atoms with Gasteiger partial charge in [-0.1, -0.05) is 18.9 Å². The lowest BCUT2D eigenvalue weighted by Gasteiger charge is -2.56. The summed E-state index contributed by atoms with van der Waals surface area (Å²) in [6.45, 7) is 1.19. The summed E-state index contributed by atoms with van der Waals surface area (Å²) in [5, 5.41) is 3.78. The summed E-state index contributed by atoms with van der Waals surface area (Å²) in [4.78, 5) is 0. The summed E-state index contributed by atoms with van der Waals surface area (Å²) < 4.78 is 5.48. The van der Waals surface area contributed by atoms with Crippen molar-refractivity contribution in [1.82, 2.24) is 5.32 Å². The van der Waals surface area contributed by atoms with Crippen LogP contribution in [0.5, 0.6) is 5.75 Å². The van der Waals surface area contributed by atoms with Gasteiger partial charge in [-0.25, -0.2) is 0 Å². The molecule has 1 aliphatic heterocycles. The first kappa shape index (κ1) is 11.8. The lowest BCUT2D eigenvalue weighted by Crippen LogP contribution is -2.59. The van der Waals surface area contributed by atoms with Crippen molar-refractivity contribution in [3.05, 3.63) is 29.3 Å². The minimum absolute atomic E-state index is 0.455. The van der Waals surface area contributed by atoms with E-state index in [1.165, 1.54) is 45.1 Å². The topological polar surface area (TPSA) is 21.3 Å². The van der Waals surface area contributed by atoms with E-state index in [4.69, 9.17) is 4.74 Å². The molecule has 1 heterocycles. The molecule has 102 valence electrons. The average molecular weight is 257 g/mol. The molecular formula is C17H23NO. The van der Waals surface area contributed by atoms with Gasteiger partial charge in [0, 0.05) is 11.5 Å². The molecule has 2 heteroatoms. The van der Waals surface area contributed by atoms with Crippen LogP contribution in [-0.2, 0) is 11.8 Å². The lowest BCUT2D eigenvalue weighted by molar-refractivity contribution is 0.0795. The zero-order valence-electron chi connectivity index (χ0n) is 11.7. The molecule has 3 aliphatic rings. The number of hydrogen-bond donors (Lipinski definition) is 1. The SMILES string of the molecule is COc1ccc2c(c1)[C@]13CCCC[C@H]1[C@@H](C2)NCC3. The van der Waals surface area contributed by atoms with Gasteiger partial charge in [0.05, 0.1) is 7.11 Å². The minimum Gasteiger partial charge on any atom is -0.497 e. The van der Waals surface area contributed by atoms with Crippen LogP contribution >= 0.6 is 0 Å². The Kier molecular flexibility index (Phi) is 2.63. The first-order valence-corrected chi connectivity index (χ1v) is 7.74. The molecule has 1 saturated carbocycles. The number of hydrogen-bond acceptors (Lipinski definition) is 2. The molecule has 1 saturated heterocycles. The van der Waals surface area contributed by atoms with Gasteiger partial charge < -0.3 is 10.1 Å². The summed E-state index contributed by atoms with van der Waals surface area (Å²) in [5.41, 5.74) is 3.64. The first-order chi connectivity index (χ1) is 9.33. The third-order valence-corrected chi connectivity index (χ3v) is 5.85. The summed E-state index contributed by atoms with van der Waals surface area (Å²) in [7, 11) is 1.78. The number of rotatable bonds is 1. The fourth-order valence-electron chi connectivity index (χ4n) is 5.03. The third-order valence-electron chi connectivity index (χ3n) is 5.85. The van der Waals surface area contributed by atoms with Crippen LogP contribution in [0.25, 0.3) is 0 Å². The van der Waals surface area contributed by atoms with Gasteiger partial charge in [-0.2, -0.15) is 0 Å². The van der Waals surface area contributed by atoms with Crippen LogP contribution in [0.3, 0.4) is 0 Å². The highest BCUT2D eigenvalue weighted by atomic mass is 16.5. The molecule has 3 atom stereocenters. The van der Waals surface area contributed by atoms with Gasteiger partial charge in [0.15, 0.2) is 0 Å². The molecule has 0 amide bonds. The highest BCUT2D eigenvalue weighted by Crippen LogP contribution is 2.54. The van der Waals surface area contributed by atoms with Crippen molar-refractivity contribution in [2.45, 2.75) is 50.0 Å². The molecule has 2 bridgehead atoms. The number of piperidine rings is 1. The maximum Gasteiger partial charge on any atom is 0.119 e. The van der Waals surface area contributed by atoms with E-state index in [2.05, 4.69) is 23.5 Å². The zero-order valence-corrected chi connectivity index (χ0v) is 11.7. The molecule has 1 aromatic carbocycles. The van der Waals surface area contributed by atoms with E-state index in [0.717, 1.165) is 17.7 Å². The van der Waals surface area contributed by atoms with Gasteiger partial charge in [0.25, 0.3) is 0 Å². The van der Waals surface area contributed by atoms with Gasteiger partial charge in [0.2, 0.25) is 0 Å². The normalized spacial score (nSPS) is 36.3. The predicted molar refractivity (Wildman–Crippen MR) is 76.7 cm³/mol. The molecule has 19 heavy (non-hydrogen) atoms. The molecule has 2 nitrogen and oxygen atoms in total. The van der Waals surface area contributed by atoms with E-state index in [9.17, 15) is 0 Å². The Morgan fingerprint density at radius 1 is 1.26 bits per heavy atom. The Morgan fingerprint density at radius 3 is 3.11 bits per heavy atom. The van der Waals surface area contributed by atoms with Gasteiger partial charge in [0.1, 0.15) is 5.75 Å². The molecule has 2 fully saturated rings. The van der Waals surface area contributed by atoms with Crippen molar-refractivity contribution in [3.63, 3.8) is 0 Å². The number of ether oxygens (including phenoxy) is 1. The number of fused-ring (bicyclic) bond motifs is 1. The van der Waals surface area contributed by atoms with Crippen molar-refractivity contribution in [1.29, 1.82) is 0 Å². The van der Waals surface area contributed by atoms with Crippen LogP contribution < -0.4 is 10.1 Å². The van der Waals surface area contributed by atoms with Gasteiger partial charge in [-0.05, 0) is 61.4 Å². The van der Waals surface area contributed by atoms with E-state index < -0.39 is 0 Å². The fraction of sp³-hybridized carbons (Fsp3) is 0.647. The first-order valence-electron chi connectivity index (χ1n) is 7.74. The van der Waals surface area contributed by atoms with Crippen LogP contribution in [0.4, 0.5) is 0 Å². The second-order valence-corrected chi connectivity index (χ2v) is 6.55. The second-order valence-electron chi connectivity index (χ2n) is 6.55. The summed E-state index contributed by atoms with van der Waals surface area (Å²) in [6, 6.07) is 7.50. The Labute approximate surface area is 115 Å². The maximum absolute atomic E-state index is 5.48. The van der Waals surface area contributed by atoms with E-state index in [0.29, 0.717) is 5.41 Å². The minimum atomic E-state index is 0.455. The standard InChI is InChI=1S/C17H23NO/c1-19-13-6-5-12-10-16-14-4-2-3-7-17(14,8-9-18-16)15(12)11-13/h5-6,11,14,16,18H,2-4,7-10H2,1H3/t14-,16+,17-/m0/s1. The molecule has 4 rings (SSSR count). The van der Waals surface area contributed by atoms with Crippen LogP contribution in [0, 0.1) is 5.92 Å². The zero-order chi connectivity index (χ0) is 12.9. The quantitative estimate of drug-likeness (QED) is 0.835. The monoisotopic (exact) mass is 257 g/mol. The number of benzene rings is 1. The average Bonchev–Trinajstić information content (AvgIpc) is 2.47. The van der Waals surface area contributed by atoms with E-state index in [-0.39, 0.29) is 0 Å². The molecule has 0 spiro atoms. The molecule has 1 N–H and O–H groups in total. The summed E-state index contributed by atoms with van der Waals surface area (Å²) in [5.74, 6) is 1.89. The van der Waals surface area contributed by atoms with Crippen LogP contribution in [0.2, 0.25) is 0 Å². The molecule has 0 radical (unpaired) electrons. The summed E-state index contributed by atoms with van der Waals surface area (Å²) >= 11 is 0.